The van der Waals surface area contributed by atoms with Crippen molar-refractivity contribution < 1.29 is 9.53 Å². The molecule has 122 valence electrons. The molecule has 0 fully saturated rings. The van der Waals surface area contributed by atoms with E-state index in [0.717, 1.165) is 19.4 Å². The number of carbonyl (C=O) groups is 1. The summed E-state index contributed by atoms with van der Waals surface area (Å²) in [6, 6.07) is 2.18. The van der Waals surface area contributed by atoms with Gasteiger partial charge in [0.2, 0.25) is 0 Å². The Kier molecular flexibility index (Phi) is 6.48. The standard InChI is InChI=1S/C17H27N3O2/c1-17(2,3)22-16(21)20(5)13-12-19(4)15-8-6-14(7-9-15)10-11-18/h6,8H,7,9-10,12-13H2,1-5H3. The molecular weight excluding hydrogens is 278 g/mol. The molecule has 0 heterocycles. The lowest BCUT2D eigenvalue weighted by Crippen LogP contribution is -2.38. The molecule has 1 aliphatic rings. The SMILES string of the molecule is CN(CCN(C)C1=CC=C(CC#N)CC1)C(=O)OC(C)(C)C. The van der Waals surface area contributed by atoms with Gasteiger partial charge >= 0.3 is 6.09 Å². The highest BCUT2D eigenvalue weighted by molar-refractivity contribution is 5.67. The Balaban J connectivity index is 2.45. The summed E-state index contributed by atoms with van der Waals surface area (Å²) < 4.78 is 5.33. The maximum Gasteiger partial charge on any atom is 0.410 e. The molecule has 0 radical (unpaired) electrons. The summed E-state index contributed by atoms with van der Waals surface area (Å²) in [5, 5.41) is 8.70. The van der Waals surface area contributed by atoms with Crippen molar-refractivity contribution in [1.29, 1.82) is 5.26 Å². The van der Waals surface area contributed by atoms with Gasteiger partial charge in [-0.05, 0) is 39.7 Å². The van der Waals surface area contributed by atoms with E-state index in [9.17, 15) is 4.79 Å². The summed E-state index contributed by atoms with van der Waals surface area (Å²) >= 11 is 0. The highest BCUT2D eigenvalue weighted by atomic mass is 16.6. The first kappa shape index (κ1) is 18.1. The number of hydrogen-bond donors (Lipinski definition) is 0. The number of nitrogens with zero attached hydrogens (tertiary/aromatic N) is 3. The van der Waals surface area contributed by atoms with Gasteiger partial charge in [-0.25, -0.2) is 4.79 Å². The highest BCUT2D eigenvalue weighted by Crippen LogP contribution is 2.22. The zero-order valence-electron chi connectivity index (χ0n) is 14.3. The summed E-state index contributed by atoms with van der Waals surface area (Å²) in [5.41, 5.74) is 1.95. The van der Waals surface area contributed by atoms with Crippen LogP contribution >= 0.6 is 0 Å². The Labute approximate surface area is 133 Å². The van der Waals surface area contributed by atoms with Gasteiger partial charge in [-0.1, -0.05) is 11.6 Å². The number of rotatable bonds is 5. The summed E-state index contributed by atoms with van der Waals surface area (Å²) in [4.78, 5) is 15.6. The molecule has 0 atom stereocenters. The van der Waals surface area contributed by atoms with Gasteiger partial charge in [0.25, 0.3) is 0 Å². The lowest BCUT2D eigenvalue weighted by molar-refractivity contribution is 0.0290. The number of hydrogen-bond acceptors (Lipinski definition) is 4. The molecule has 5 nitrogen and oxygen atoms in total. The quantitative estimate of drug-likeness (QED) is 0.782. The third kappa shape index (κ3) is 6.21. The molecule has 0 bridgehead atoms. The third-order valence-electron chi connectivity index (χ3n) is 3.49. The van der Waals surface area contributed by atoms with Crippen molar-refractivity contribution >= 4 is 6.09 Å². The van der Waals surface area contributed by atoms with Crippen molar-refractivity contribution in [3.8, 4) is 6.07 Å². The molecule has 1 aliphatic carbocycles. The second-order valence-electron chi connectivity index (χ2n) is 6.64. The van der Waals surface area contributed by atoms with E-state index in [1.165, 1.54) is 11.3 Å². The van der Waals surface area contributed by atoms with Crippen molar-refractivity contribution in [3.05, 3.63) is 23.4 Å². The van der Waals surface area contributed by atoms with E-state index in [2.05, 4.69) is 17.0 Å². The molecule has 1 rings (SSSR count). The summed E-state index contributed by atoms with van der Waals surface area (Å²) in [6.45, 7) is 6.95. The topological polar surface area (TPSA) is 56.6 Å². The second-order valence-corrected chi connectivity index (χ2v) is 6.64. The molecule has 0 aliphatic heterocycles. The molecule has 0 saturated heterocycles. The van der Waals surface area contributed by atoms with Crippen LogP contribution in [0.4, 0.5) is 4.79 Å². The van der Waals surface area contributed by atoms with Crippen LogP contribution < -0.4 is 0 Å². The first-order valence-electron chi connectivity index (χ1n) is 7.63. The monoisotopic (exact) mass is 305 g/mol. The van der Waals surface area contributed by atoms with Gasteiger partial charge in [-0.15, -0.1) is 0 Å². The summed E-state index contributed by atoms with van der Waals surface area (Å²) in [5.74, 6) is 0. The fourth-order valence-corrected chi connectivity index (χ4v) is 2.11. The Morgan fingerprint density at radius 2 is 1.95 bits per heavy atom. The van der Waals surface area contributed by atoms with Crippen LogP contribution in [0.1, 0.15) is 40.0 Å². The zero-order valence-corrected chi connectivity index (χ0v) is 14.3. The lowest BCUT2D eigenvalue weighted by atomic mass is 10.00. The van der Waals surface area contributed by atoms with Crippen LogP contribution in [0.25, 0.3) is 0 Å². The van der Waals surface area contributed by atoms with Crippen LogP contribution in [-0.4, -0.2) is 48.7 Å². The van der Waals surface area contributed by atoms with E-state index < -0.39 is 5.60 Å². The third-order valence-corrected chi connectivity index (χ3v) is 3.49. The number of nitriles is 1. The molecule has 0 aromatic carbocycles. The summed E-state index contributed by atoms with van der Waals surface area (Å²) in [7, 11) is 3.78. The normalized spacial score (nSPS) is 14.5. The number of amides is 1. The molecule has 0 aromatic heterocycles. The van der Waals surface area contributed by atoms with E-state index in [4.69, 9.17) is 10.00 Å². The van der Waals surface area contributed by atoms with E-state index >= 15 is 0 Å². The predicted octanol–water partition coefficient (Wildman–Crippen LogP) is 3.30. The maximum absolute atomic E-state index is 11.9. The molecular formula is C17H27N3O2. The van der Waals surface area contributed by atoms with E-state index in [1.54, 1.807) is 11.9 Å². The minimum Gasteiger partial charge on any atom is -0.444 e. The highest BCUT2D eigenvalue weighted by Gasteiger charge is 2.20. The molecule has 0 aromatic rings. The fourth-order valence-electron chi connectivity index (χ4n) is 2.11. The van der Waals surface area contributed by atoms with Gasteiger partial charge in [-0.2, -0.15) is 5.26 Å². The zero-order chi connectivity index (χ0) is 16.8. The van der Waals surface area contributed by atoms with Gasteiger partial charge in [-0.3, -0.25) is 0 Å². The van der Waals surface area contributed by atoms with Gasteiger partial charge in [0.1, 0.15) is 5.60 Å². The van der Waals surface area contributed by atoms with Gasteiger partial charge < -0.3 is 14.5 Å². The minimum absolute atomic E-state index is 0.297. The van der Waals surface area contributed by atoms with Crippen molar-refractivity contribution in [1.82, 2.24) is 9.80 Å². The van der Waals surface area contributed by atoms with Crippen LogP contribution in [0.3, 0.4) is 0 Å². The average molecular weight is 305 g/mol. The van der Waals surface area contributed by atoms with Crippen molar-refractivity contribution in [2.45, 2.75) is 45.6 Å². The number of allylic oxidation sites excluding steroid dienone is 4. The van der Waals surface area contributed by atoms with E-state index in [1.807, 2.05) is 33.9 Å². The smallest absolute Gasteiger partial charge is 0.410 e. The Bertz CT molecular complexity index is 495. The Hall–Kier alpha value is -1.96. The minimum atomic E-state index is -0.467. The Morgan fingerprint density at radius 3 is 2.45 bits per heavy atom. The fraction of sp³-hybridized carbons (Fsp3) is 0.647. The molecule has 0 spiro atoms. The first-order chi connectivity index (χ1) is 10.2. The van der Waals surface area contributed by atoms with Crippen LogP contribution in [0, 0.1) is 11.3 Å². The number of carbonyl (C=O) groups excluding carboxylic acids is 1. The van der Waals surface area contributed by atoms with Gasteiger partial charge in [0.15, 0.2) is 0 Å². The molecule has 0 saturated carbocycles. The first-order valence-corrected chi connectivity index (χ1v) is 7.63. The van der Waals surface area contributed by atoms with Crippen LogP contribution in [0.15, 0.2) is 23.4 Å². The predicted molar refractivity (Wildman–Crippen MR) is 87.1 cm³/mol. The largest absolute Gasteiger partial charge is 0.444 e. The maximum atomic E-state index is 11.9. The van der Waals surface area contributed by atoms with Crippen LogP contribution in [0.2, 0.25) is 0 Å². The van der Waals surface area contributed by atoms with Crippen molar-refractivity contribution in [2.24, 2.45) is 0 Å². The second kappa shape index (κ2) is 7.88. The van der Waals surface area contributed by atoms with Gasteiger partial charge in [0, 0.05) is 32.9 Å². The molecule has 0 N–H and O–H groups in total. The number of ether oxygens (including phenoxy) is 1. The van der Waals surface area contributed by atoms with Crippen molar-refractivity contribution in [3.63, 3.8) is 0 Å². The molecule has 5 heteroatoms. The molecule has 22 heavy (non-hydrogen) atoms. The van der Waals surface area contributed by atoms with Crippen LogP contribution in [-0.2, 0) is 4.74 Å². The van der Waals surface area contributed by atoms with Crippen LogP contribution in [0.5, 0.6) is 0 Å². The number of likely N-dealkylation sites (N-methyl/N-ethyl adjacent to an activating group) is 2. The van der Waals surface area contributed by atoms with E-state index in [0.29, 0.717) is 13.0 Å². The van der Waals surface area contributed by atoms with Crippen molar-refractivity contribution in [2.75, 3.05) is 27.2 Å². The summed E-state index contributed by atoms with van der Waals surface area (Å²) in [6.07, 6.45) is 6.20. The lowest BCUT2D eigenvalue weighted by Gasteiger charge is -2.29. The molecule has 0 unspecified atom stereocenters. The molecule has 1 amide bonds. The van der Waals surface area contributed by atoms with Gasteiger partial charge in [0.05, 0.1) is 12.5 Å². The van der Waals surface area contributed by atoms with E-state index in [-0.39, 0.29) is 6.09 Å². The average Bonchev–Trinajstić information content (AvgIpc) is 2.43. The Morgan fingerprint density at radius 1 is 1.27 bits per heavy atom.